The molecule has 0 N–H and O–H groups in total. The Kier molecular flexibility index (Phi) is 3.26. The van der Waals surface area contributed by atoms with E-state index in [9.17, 15) is 0 Å². The fourth-order valence-electron chi connectivity index (χ4n) is 1.29. The van der Waals surface area contributed by atoms with E-state index < -0.39 is 0 Å². The topological polar surface area (TPSA) is 22.1 Å². The van der Waals surface area contributed by atoms with Crippen LogP contribution in [-0.4, -0.2) is 11.1 Å². The molecule has 0 radical (unpaired) electrons. The molecule has 0 aliphatic heterocycles. The average molecular weight is 232 g/mol. The Morgan fingerprint density at radius 2 is 2.21 bits per heavy atom. The maximum Gasteiger partial charge on any atom is 0.130 e. The Bertz CT molecular complexity index is 326. The van der Waals surface area contributed by atoms with Gasteiger partial charge in [-0.2, -0.15) is 0 Å². The van der Waals surface area contributed by atoms with Crippen LogP contribution in [0.2, 0.25) is 10.2 Å². The first-order valence-corrected chi connectivity index (χ1v) is 5.43. The smallest absolute Gasteiger partial charge is 0.130 e. The predicted molar refractivity (Wildman–Crippen MR) is 56.7 cm³/mol. The van der Waals surface area contributed by atoms with Crippen LogP contribution in [0.5, 0.6) is 0 Å². The molecule has 76 valence electrons. The number of halogens is 2. The molecule has 0 bridgehead atoms. The molecule has 14 heavy (non-hydrogen) atoms. The van der Waals surface area contributed by atoms with E-state index in [1.165, 1.54) is 19.3 Å². The summed E-state index contributed by atoms with van der Waals surface area (Å²) in [7, 11) is 0. The van der Waals surface area contributed by atoms with Crippen molar-refractivity contribution in [3.8, 4) is 0 Å². The van der Waals surface area contributed by atoms with Gasteiger partial charge in [-0.15, -0.1) is 0 Å². The summed E-state index contributed by atoms with van der Waals surface area (Å²) in [6.07, 6.45) is 5.69. The van der Waals surface area contributed by atoms with Crippen molar-refractivity contribution in [3.05, 3.63) is 28.0 Å². The highest BCUT2D eigenvalue weighted by Gasteiger charge is 2.18. The molecule has 1 saturated carbocycles. The third kappa shape index (κ3) is 2.38. The van der Waals surface area contributed by atoms with Gasteiger partial charge in [0.05, 0.1) is 17.7 Å². The van der Waals surface area contributed by atoms with E-state index in [0.717, 1.165) is 5.56 Å². The Labute approximate surface area is 93.2 Å². The number of hydrogen-bond acceptors (Lipinski definition) is 2. The summed E-state index contributed by atoms with van der Waals surface area (Å²) in [6, 6.07) is 1.64. The van der Waals surface area contributed by atoms with Crippen molar-refractivity contribution in [1.29, 1.82) is 0 Å². The number of ether oxygens (including phenoxy) is 1. The van der Waals surface area contributed by atoms with E-state index >= 15 is 0 Å². The number of rotatable bonds is 3. The lowest BCUT2D eigenvalue weighted by Gasteiger charge is -2.25. The highest BCUT2D eigenvalue weighted by molar-refractivity contribution is 6.34. The van der Waals surface area contributed by atoms with Crippen molar-refractivity contribution in [1.82, 2.24) is 4.98 Å². The van der Waals surface area contributed by atoms with Crippen LogP contribution in [0.4, 0.5) is 0 Å². The molecule has 1 heterocycles. The van der Waals surface area contributed by atoms with Crippen molar-refractivity contribution in [2.75, 3.05) is 0 Å². The molecule has 0 unspecified atom stereocenters. The molecule has 0 atom stereocenters. The minimum absolute atomic E-state index is 0.418. The quantitative estimate of drug-likeness (QED) is 0.744. The SMILES string of the molecule is Clc1cc(Cl)c(COC2CCC2)cn1. The van der Waals surface area contributed by atoms with Gasteiger partial charge in [-0.05, 0) is 25.3 Å². The summed E-state index contributed by atoms with van der Waals surface area (Å²) < 4.78 is 5.62. The molecule has 0 spiro atoms. The first-order chi connectivity index (χ1) is 6.75. The maximum atomic E-state index is 5.97. The van der Waals surface area contributed by atoms with E-state index in [-0.39, 0.29) is 0 Å². The fraction of sp³-hybridized carbons (Fsp3) is 0.500. The van der Waals surface area contributed by atoms with Gasteiger partial charge < -0.3 is 4.74 Å². The lowest BCUT2D eigenvalue weighted by atomic mass is 9.96. The molecule has 2 nitrogen and oxygen atoms in total. The molecule has 0 aromatic carbocycles. The van der Waals surface area contributed by atoms with Crippen molar-refractivity contribution in [2.45, 2.75) is 32.0 Å². The summed E-state index contributed by atoms with van der Waals surface area (Å²) in [5.41, 5.74) is 0.906. The van der Waals surface area contributed by atoms with Crippen LogP contribution < -0.4 is 0 Å². The van der Waals surface area contributed by atoms with Crippen LogP contribution in [0.15, 0.2) is 12.3 Å². The zero-order valence-electron chi connectivity index (χ0n) is 7.67. The van der Waals surface area contributed by atoms with Gasteiger partial charge in [-0.1, -0.05) is 23.2 Å². The zero-order valence-corrected chi connectivity index (χ0v) is 9.18. The van der Waals surface area contributed by atoms with Gasteiger partial charge in [0.1, 0.15) is 5.15 Å². The average Bonchev–Trinajstić information content (AvgIpc) is 2.05. The van der Waals surface area contributed by atoms with E-state index in [0.29, 0.717) is 22.9 Å². The van der Waals surface area contributed by atoms with Gasteiger partial charge in [0.15, 0.2) is 0 Å². The third-order valence-electron chi connectivity index (χ3n) is 2.42. The Morgan fingerprint density at radius 3 is 2.79 bits per heavy atom. The lowest BCUT2D eigenvalue weighted by Crippen LogP contribution is -2.21. The molecule has 4 heteroatoms. The molecule has 1 aliphatic rings. The molecule has 1 aromatic rings. The van der Waals surface area contributed by atoms with E-state index in [2.05, 4.69) is 4.98 Å². The van der Waals surface area contributed by atoms with Gasteiger partial charge >= 0.3 is 0 Å². The van der Waals surface area contributed by atoms with E-state index in [4.69, 9.17) is 27.9 Å². The van der Waals surface area contributed by atoms with Crippen LogP contribution in [0.25, 0.3) is 0 Å². The lowest BCUT2D eigenvalue weighted by molar-refractivity contribution is -0.00872. The van der Waals surface area contributed by atoms with Gasteiger partial charge in [-0.3, -0.25) is 0 Å². The number of hydrogen-bond donors (Lipinski definition) is 0. The summed E-state index contributed by atoms with van der Waals surface area (Å²) in [5.74, 6) is 0. The molecule has 1 fully saturated rings. The monoisotopic (exact) mass is 231 g/mol. The van der Waals surface area contributed by atoms with Crippen LogP contribution in [0.1, 0.15) is 24.8 Å². The van der Waals surface area contributed by atoms with Crippen LogP contribution in [0, 0.1) is 0 Å². The largest absolute Gasteiger partial charge is 0.373 e. The first-order valence-electron chi connectivity index (χ1n) is 4.67. The van der Waals surface area contributed by atoms with Crippen molar-refractivity contribution >= 4 is 23.2 Å². The molecule has 1 aromatic heterocycles. The highest BCUT2D eigenvalue weighted by atomic mass is 35.5. The Morgan fingerprint density at radius 1 is 1.43 bits per heavy atom. The number of nitrogens with zero attached hydrogens (tertiary/aromatic N) is 1. The summed E-state index contributed by atoms with van der Waals surface area (Å²) >= 11 is 11.7. The fourth-order valence-corrected chi connectivity index (χ4v) is 1.71. The first kappa shape index (κ1) is 10.2. The van der Waals surface area contributed by atoms with Crippen molar-refractivity contribution in [3.63, 3.8) is 0 Å². The van der Waals surface area contributed by atoms with Gasteiger partial charge in [0.25, 0.3) is 0 Å². The Balaban J connectivity index is 1.94. The number of pyridine rings is 1. The molecule has 0 saturated heterocycles. The van der Waals surface area contributed by atoms with Gasteiger partial charge in [-0.25, -0.2) is 4.98 Å². The van der Waals surface area contributed by atoms with Crippen molar-refractivity contribution in [2.24, 2.45) is 0 Å². The zero-order chi connectivity index (χ0) is 9.97. The second kappa shape index (κ2) is 4.47. The van der Waals surface area contributed by atoms with Crippen LogP contribution in [-0.2, 0) is 11.3 Å². The predicted octanol–water partition coefficient (Wildman–Crippen LogP) is 3.46. The van der Waals surface area contributed by atoms with Gasteiger partial charge in [0, 0.05) is 11.8 Å². The van der Waals surface area contributed by atoms with Crippen LogP contribution in [0.3, 0.4) is 0 Å². The van der Waals surface area contributed by atoms with E-state index in [1.54, 1.807) is 12.3 Å². The minimum atomic E-state index is 0.418. The maximum absolute atomic E-state index is 5.97. The summed E-state index contributed by atoms with van der Waals surface area (Å²) in [4.78, 5) is 3.96. The molecule has 1 aliphatic carbocycles. The minimum Gasteiger partial charge on any atom is -0.373 e. The van der Waals surface area contributed by atoms with Crippen LogP contribution >= 0.6 is 23.2 Å². The standard InChI is InChI=1S/C10H11Cl2NO/c11-9-4-10(12)13-5-7(9)6-14-8-2-1-3-8/h4-5,8H,1-3,6H2. The Hall–Kier alpha value is -0.310. The normalized spacial score (nSPS) is 16.7. The van der Waals surface area contributed by atoms with Crippen molar-refractivity contribution < 1.29 is 4.74 Å². The molecule has 2 rings (SSSR count). The van der Waals surface area contributed by atoms with Gasteiger partial charge in [0.2, 0.25) is 0 Å². The summed E-state index contributed by atoms with van der Waals surface area (Å²) in [6.45, 7) is 0.535. The summed E-state index contributed by atoms with van der Waals surface area (Å²) in [5, 5.41) is 1.05. The molecular weight excluding hydrogens is 221 g/mol. The third-order valence-corrected chi connectivity index (χ3v) is 2.98. The number of aromatic nitrogens is 1. The van der Waals surface area contributed by atoms with E-state index in [1.807, 2.05) is 0 Å². The molecule has 0 amide bonds. The second-order valence-electron chi connectivity index (χ2n) is 3.46. The highest BCUT2D eigenvalue weighted by Crippen LogP contribution is 2.25. The second-order valence-corrected chi connectivity index (χ2v) is 4.26. The molecular formula is C10H11Cl2NO.